The maximum absolute atomic E-state index is 13.3. The van der Waals surface area contributed by atoms with Crippen LogP contribution >= 0.6 is 0 Å². The molecule has 1 atom stereocenters. The van der Waals surface area contributed by atoms with Gasteiger partial charge in [-0.25, -0.2) is 4.79 Å². The van der Waals surface area contributed by atoms with Crippen LogP contribution in [-0.2, 0) is 19.9 Å². The molecule has 4 nitrogen and oxygen atoms in total. The number of hydrogen-bond acceptors (Lipinski definition) is 4. The number of methoxy groups -OCH3 is 1. The lowest BCUT2D eigenvalue weighted by Crippen LogP contribution is -2.45. The van der Waals surface area contributed by atoms with E-state index in [-0.39, 0.29) is 12.1 Å². The summed E-state index contributed by atoms with van der Waals surface area (Å²) in [5.41, 5.74) is 0.300. The fourth-order valence-corrected chi connectivity index (χ4v) is 3.52. The van der Waals surface area contributed by atoms with E-state index in [1.54, 1.807) is 7.11 Å². The minimum Gasteiger partial charge on any atom is -0.458 e. The summed E-state index contributed by atoms with van der Waals surface area (Å²) in [7, 11) is 3.62. The Morgan fingerprint density at radius 2 is 1.60 bits per heavy atom. The van der Waals surface area contributed by atoms with E-state index in [9.17, 15) is 4.79 Å². The van der Waals surface area contributed by atoms with Crippen LogP contribution in [0.3, 0.4) is 0 Å². The summed E-state index contributed by atoms with van der Waals surface area (Å²) in [6.07, 6.45) is 1.82. The van der Waals surface area contributed by atoms with Crippen LogP contribution in [0.5, 0.6) is 0 Å². The van der Waals surface area contributed by atoms with Crippen molar-refractivity contribution in [1.82, 2.24) is 4.90 Å². The van der Waals surface area contributed by atoms with E-state index in [4.69, 9.17) is 9.47 Å². The fraction of sp³-hybridized carbons (Fsp3) is 0.381. The lowest BCUT2D eigenvalue weighted by atomic mass is 9.86. The third-order valence-electron chi connectivity index (χ3n) is 4.81. The van der Waals surface area contributed by atoms with Crippen molar-refractivity contribution in [3.8, 4) is 0 Å². The first-order valence-electron chi connectivity index (χ1n) is 8.72. The highest BCUT2D eigenvalue weighted by atomic mass is 16.6. The van der Waals surface area contributed by atoms with E-state index < -0.39 is 5.60 Å². The van der Waals surface area contributed by atoms with Crippen molar-refractivity contribution >= 4 is 5.97 Å². The Labute approximate surface area is 149 Å². The molecule has 1 unspecified atom stereocenters. The highest BCUT2D eigenvalue weighted by Gasteiger charge is 2.45. The molecule has 1 aliphatic heterocycles. The van der Waals surface area contributed by atoms with Crippen LogP contribution in [0.4, 0.5) is 0 Å². The van der Waals surface area contributed by atoms with Crippen LogP contribution in [0.2, 0.25) is 0 Å². The predicted octanol–water partition coefficient (Wildman–Crippen LogP) is 3.21. The zero-order chi connectivity index (χ0) is 17.7. The fourth-order valence-electron chi connectivity index (χ4n) is 3.52. The van der Waals surface area contributed by atoms with Crippen molar-refractivity contribution in [2.75, 3.05) is 27.2 Å². The van der Waals surface area contributed by atoms with Crippen molar-refractivity contribution in [3.05, 3.63) is 71.8 Å². The molecule has 0 aromatic heterocycles. The van der Waals surface area contributed by atoms with E-state index in [1.807, 2.05) is 60.7 Å². The van der Waals surface area contributed by atoms with Gasteiger partial charge in [-0.1, -0.05) is 60.7 Å². The number of hydrogen-bond donors (Lipinski definition) is 0. The van der Waals surface area contributed by atoms with Crippen LogP contribution in [-0.4, -0.2) is 44.2 Å². The summed E-state index contributed by atoms with van der Waals surface area (Å²) in [6.45, 7) is 1.80. The first-order valence-corrected chi connectivity index (χ1v) is 8.72. The van der Waals surface area contributed by atoms with Crippen LogP contribution in [0, 0.1) is 0 Å². The molecule has 0 spiro atoms. The van der Waals surface area contributed by atoms with Gasteiger partial charge in [0.1, 0.15) is 6.10 Å². The van der Waals surface area contributed by atoms with E-state index in [2.05, 4.69) is 11.9 Å². The van der Waals surface area contributed by atoms with Gasteiger partial charge < -0.3 is 14.4 Å². The number of esters is 1. The standard InChI is InChI=1S/C21H25NO3/c1-22-15-9-14-19(16-22)25-20(23)21(24-2,17-10-5-3-6-11-17)18-12-7-4-8-13-18/h3-8,10-13,19H,9,14-16H2,1-2H3. The summed E-state index contributed by atoms with van der Waals surface area (Å²) < 4.78 is 11.8. The van der Waals surface area contributed by atoms with Gasteiger partial charge in [-0.15, -0.1) is 0 Å². The minimum atomic E-state index is -1.25. The average Bonchev–Trinajstić information content (AvgIpc) is 2.65. The molecule has 4 heteroatoms. The van der Waals surface area contributed by atoms with E-state index in [1.165, 1.54) is 0 Å². The molecular weight excluding hydrogens is 314 g/mol. The van der Waals surface area contributed by atoms with Crippen LogP contribution in [0.15, 0.2) is 60.7 Å². The van der Waals surface area contributed by atoms with Gasteiger partial charge in [0.15, 0.2) is 0 Å². The van der Waals surface area contributed by atoms with E-state index >= 15 is 0 Å². The van der Waals surface area contributed by atoms with Gasteiger partial charge in [0.2, 0.25) is 5.60 Å². The Balaban J connectivity index is 1.97. The smallest absolute Gasteiger partial charge is 0.348 e. The number of piperidine rings is 1. The number of ether oxygens (including phenoxy) is 2. The molecule has 1 aliphatic rings. The van der Waals surface area contributed by atoms with Gasteiger partial charge in [-0.2, -0.15) is 0 Å². The maximum Gasteiger partial charge on any atom is 0.348 e. The number of likely N-dealkylation sites (N-methyl/N-ethyl adjacent to an activating group) is 1. The monoisotopic (exact) mass is 339 g/mol. The van der Waals surface area contributed by atoms with Crippen molar-refractivity contribution in [2.24, 2.45) is 0 Å². The Morgan fingerprint density at radius 3 is 2.08 bits per heavy atom. The molecule has 1 fully saturated rings. The average molecular weight is 339 g/mol. The Hall–Kier alpha value is -2.17. The van der Waals surface area contributed by atoms with Crippen molar-refractivity contribution in [1.29, 1.82) is 0 Å². The van der Waals surface area contributed by atoms with Gasteiger partial charge in [0.25, 0.3) is 0 Å². The lowest BCUT2D eigenvalue weighted by molar-refractivity contribution is -0.173. The van der Waals surface area contributed by atoms with Crippen molar-refractivity contribution in [3.63, 3.8) is 0 Å². The van der Waals surface area contributed by atoms with Gasteiger partial charge in [0.05, 0.1) is 0 Å². The molecule has 1 saturated heterocycles. The summed E-state index contributed by atoms with van der Waals surface area (Å²) >= 11 is 0. The molecule has 2 aromatic carbocycles. The molecule has 2 aromatic rings. The molecule has 0 N–H and O–H groups in total. The molecule has 132 valence electrons. The maximum atomic E-state index is 13.3. The third kappa shape index (κ3) is 3.60. The second kappa shape index (κ2) is 7.81. The molecule has 0 aliphatic carbocycles. The minimum absolute atomic E-state index is 0.104. The second-order valence-electron chi connectivity index (χ2n) is 6.55. The molecule has 3 rings (SSSR count). The highest BCUT2D eigenvalue weighted by molar-refractivity contribution is 5.86. The topological polar surface area (TPSA) is 38.8 Å². The summed E-state index contributed by atoms with van der Waals surface area (Å²) in [4.78, 5) is 15.5. The second-order valence-corrected chi connectivity index (χ2v) is 6.55. The molecule has 0 amide bonds. The highest BCUT2D eigenvalue weighted by Crippen LogP contribution is 2.35. The molecule has 25 heavy (non-hydrogen) atoms. The zero-order valence-electron chi connectivity index (χ0n) is 14.9. The normalized spacial score (nSPS) is 18.7. The van der Waals surface area contributed by atoms with Crippen molar-refractivity contribution in [2.45, 2.75) is 24.5 Å². The van der Waals surface area contributed by atoms with Gasteiger partial charge >= 0.3 is 5.97 Å². The summed E-state index contributed by atoms with van der Waals surface area (Å²) in [6, 6.07) is 19.1. The quantitative estimate of drug-likeness (QED) is 0.784. The number of likely N-dealkylation sites (tertiary alicyclic amines) is 1. The SMILES string of the molecule is COC(C(=O)OC1CCCN(C)C1)(c1ccccc1)c1ccccc1. The number of benzene rings is 2. The van der Waals surface area contributed by atoms with E-state index in [0.29, 0.717) is 0 Å². The molecular formula is C21H25NO3. The van der Waals surface area contributed by atoms with Crippen LogP contribution in [0.1, 0.15) is 24.0 Å². The number of carbonyl (C=O) groups is 1. The molecule has 0 saturated carbocycles. The first-order chi connectivity index (χ1) is 12.2. The lowest BCUT2D eigenvalue weighted by Gasteiger charge is -2.35. The van der Waals surface area contributed by atoms with Gasteiger partial charge in [-0.3, -0.25) is 0 Å². The van der Waals surface area contributed by atoms with E-state index in [0.717, 1.165) is 37.1 Å². The Bertz CT molecular complexity index is 647. The zero-order valence-corrected chi connectivity index (χ0v) is 14.9. The summed E-state index contributed by atoms with van der Waals surface area (Å²) in [5.74, 6) is -0.354. The Kier molecular flexibility index (Phi) is 5.51. The Morgan fingerprint density at radius 1 is 1.04 bits per heavy atom. The van der Waals surface area contributed by atoms with Crippen LogP contribution < -0.4 is 0 Å². The largest absolute Gasteiger partial charge is 0.458 e. The third-order valence-corrected chi connectivity index (χ3v) is 4.81. The molecule has 0 radical (unpaired) electrons. The number of carbonyl (C=O) groups excluding carboxylic acids is 1. The molecule has 1 heterocycles. The predicted molar refractivity (Wildman–Crippen MR) is 97.3 cm³/mol. The van der Waals surface area contributed by atoms with Gasteiger partial charge in [-0.05, 0) is 37.6 Å². The number of rotatable bonds is 5. The molecule has 0 bridgehead atoms. The van der Waals surface area contributed by atoms with Crippen LogP contribution in [0.25, 0.3) is 0 Å². The first kappa shape index (κ1) is 17.6. The van der Waals surface area contributed by atoms with Crippen molar-refractivity contribution < 1.29 is 14.3 Å². The number of nitrogens with zero attached hydrogens (tertiary/aromatic N) is 1. The van der Waals surface area contributed by atoms with Gasteiger partial charge in [0, 0.05) is 13.7 Å². The summed E-state index contributed by atoms with van der Waals surface area (Å²) in [5, 5.41) is 0.